The number of rotatable bonds is 4. The highest BCUT2D eigenvalue weighted by molar-refractivity contribution is 5.86. The number of aromatic nitrogens is 1. The number of nitrogens with zero attached hydrogens (tertiary/aromatic N) is 3. The molecule has 2 aromatic heterocycles. The molecule has 1 saturated heterocycles. The Morgan fingerprint density at radius 1 is 1.08 bits per heavy atom. The summed E-state index contributed by atoms with van der Waals surface area (Å²) in [6.07, 6.45) is 10.1. The molecule has 0 bridgehead atoms. The molecule has 0 spiro atoms. The maximum Gasteiger partial charge on any atom is 0.176 e. The molecule has 2 aliphatic rings. The van der Waals surface area contributed by atoms with Crippen molar-refractivity contribution in [2.75, 3.05) is 37.6 Å². The first-order valence-corrected chi connectivity index (χ1v) is 9.34. The van der Waals surface area contributed by atoms with E-state index in [2.05, 4.69) is 14.8 Å². The highest BCUT2D eigenvalue weighted by atomic mass is 16.3. The van der Waals surface area contributed by atoms with Crippen LogP contribution in [0.2, 0.25) is 0 Å². The number of hydrogen-bond donors (Lipinski definition) is 1. The molecule has 1 aliphatic carbocycles. The molecule has 4 rings (SSSR count). The van der Waals surface area contributed by atoms with Crippen molar-refractivity contribution in [1.82, 2.24) is 9.88 Å². The SMILES string of the molecule is N[C@H]1CC[C@H](CCN2CCN(c3nccc4ccoc34)CC2)CC1. The van der Waals surface area contributed by atoms with E-state index in [4.69, 9.17) is 10.2 Å². The van der Waals surface area contributed by atoms with Crippen LogP contribution in [0.15, 0.2) is 29.0 Å². The summed E-state index contributed by atoms with van der Waals surface area (Å²) in [5.74, 6) is 1.89. The molecule has 1 aliphatic heterocycles. The maximum absolute atomic E-state index is 6.01. The second kappa shape index (κ2) is 7.11. The van der Waals surface area contributed by atoms with Crippen molar-refractivity contribution < 1.29 is 4.42 Å². The Morgan fingerprint density at radius 2 is 1.88 bits per heavy atom. The van der Waals surface area contributed by atoms with E-state index in [1.54, 1.807) is 6.26 Å². The lowest BCUT2D eigenvalue weighted by Gasteiger charge is -2.36. The largest absolute Gasteiger partial charge is 0.460 e. The third-order valence-electron chi connectivity index (χ3n) is 5.77. The van der Waals surface area contributed by atoms with Gasteiger partial charge in [-0.3, -0.25) is 4.90 Å². The average molecular weight is 328 g/mol. The number of anilines is 1. The van der Waals surface area contributed by atoms with Gasteiger partial charge in [-0.1, -0.05) is 0 Å². The minimum absolute atomic E-state index is 0.460. The Kier molecular flexibility index (Phi) is 4.72. The lowest BCUT2D eigenvalue weighted by atomic mass is 9.84. The van der Waals surface area contributed by atoms with Crippen molar-refractivity contribution in [3.05, 3.63) is 24.6 Å². The first kappa shape index (κ1) is 15.9. The van der Waals surface area contributed by atoms with Crippen molar-refractivity contribution in [2.24, 2.45) is 11.7 Å². The zero-order chi connectivity index (χ0) is 16.4. The predicted octanol–water partition coefficient (Wildman–Crippen LogP) is 2.86. The first-order chi connectivity index (χ1) is 11.8. The van der Waals surface area contributed by atoms with E-state index in [9.17, 15) is 0 Å². The lowest BCUT2D eigenvalue weighted by Crippen LogP contribution is -2.47. The van der Waals surface area contributed by atoms with E-state index in [-0.39, 0.29) is 0 Å². The Bertz CT molecular complexity index is 654. The van der Waals surface area contributed by atoms with Crippen LogP contribution in [0.4, 0.5) is 5.82 Å². The topological polar surface area (TPSA) is 58.5 Å². The zero-order valence-electron chi connectivity index (χ0n) is 14.4. The number of fused-ring (bicyclic) bond motifs is 1. The normalized spacial score (nSPS) is 26.1. The van der Waals surface area contributed by atoms with Gasteiger partial charge in [0.05, 0.1) is 6.26 Å². The van der Waals surface area contributed by atoms with E-state index < -0.39 is 0 Å². The minimum atomic E-state index is 0.460. The van der Waals surface area contributed by atoms with Gasteiger partial charge >= 0.3 is 0 Å². The van der Waals surface area contributed by atoms with Crippen molar-refractivity contribution >= 4 is 16.8 Å². The Morgan fingerprint density at radius 3 is 2.67 bits per heavy atom. The van der Waals surface area contributed by atoms with Crippen molar-refractivity contribution in [3.8, 4) is 0 Å². The van der Waals surface area contributed by atoms with Crippen LogP contribution >= 0.6 is 0 Å². The molecule has 1 saturated carbocycles. The molecule has 5 heteroatoms. The van der Waals surface area contributed by atoms with Crippen LogP contribution in [-0.4, -0.2) is 48.6 Å². The van der Waals surface area contributed by atoms with E-state index in [1.807, 2.05) is 18.3 Å². The maximum atomic E-state index is 6.01. The number of pyridine rings is 1. The van der Waals surface area contributed by atoms with Gasteiger partial charge in [0.1, 0.15) is 0 Å². The van der Waals surface area contributed by atoms with Gasteiger partial charge in [0.15, 0.2) is 11.4 Å². The van der Waals surface area contributed by atoms with Gasteiger partial charge in [-0.05, 0) is 56.7 Å². The van der Waals surface area contributed by atoms with Gasteiger partial charge in [-0.25, -0.2) is 4.98 Å². The molecule has 3 heterocycles. The molecule has 130 valence electrons. The highest BCUT2D eigenvalue weighted by Crippen LogP contribution is 2.28. The molecule has 2 aromatic rings. The number of furan rings is 1. The first-order valence-electron chi connectivity index (χ1n) is 9.34. The van der Waals surface area contributed by atoms with Crippen LogP contribution in [-0.2, 0) is 0 Å². The van der Waals surface area contributed by atoms with E-state index in [0.717, 1.165) is 48.9 Å². The highest BCUT2D eigenvalue weighted by Gasteiger charge is 2.23. The standard InChI is InChI=1S/C19H28N4O/c20-17-3-1-15(2-4-17)6-9-22-10-12-23(13-11-22)19-18-16(5-8-21-19)7-14-24-18/h5,7-8,14-15,17H,1-4,6,9-13,20H2/t15-,17-. The Hall–Kier alpha value is -1.59. The summed E-state index contributed by atoms with van der Waals surface area (Å²) in [6, 6.07) is 4.48. The molecule has 24 heavy (non-hydrogen) atoms. The summed E-state index contributed by atoms with van der Waals surface area (Å²) >= 11 is 0. The molecule has 0 radical (unpaired) electrons. The smallest absolute Gasteiger partial charge is 0.176 e. The monoisotopic (exact) mass is 328 g/mol. The molecule has 0 atom stereocenters. The fourth-order valence-corrected chi connectivity index (χ4v) is 4.13. The number of hydrogen-bond acceptors (Lipinski definition) is 5. The molecule has 2 fully saturated rings. The van der Waals surface area contributed by atoms with Gasteiger partial charge in [0.2, 0.25) is 0 Å². The van der Waals surface area contributed by atoms with E-state index >= 15 is 0 Å². The van der Waals surface area contributed by atoms with Crippen molar-refractivity contribution in [2.45, 2.75) is 38.1 Å². The fourth-order valence-electron chi connectivity index (χ4n) is 4.13. The van der Waals surface area contributed by atoms with Gasteiger partial charge in [-0.15, -0.1) is 0 Å². The van der Waals surface area contributed by atoms with Gasteiger partial charge in [0.25, 0.3) is 0 Å². The summed E-state index contributed by atoms with van der Waals surface area (Å²) in [4.78, 5) is 9.52. The third-order valence-corrected chi connectivity index (χ3v) is 5.77. The summed E-state index contributed by atoms with van der Waals surface area (Å²) in [5.41, 5.74) is 6.93. The van der Waals surface area contributed by atoms with Crippen molar-refractivity contribution in [3.63, 3.8) is 0 Å². The second-order valence-electron chi connectivity index (χ2n) is 7.37. The molecule has 2 N–H and O–H groups in total. The van der Waals surface area contributed by atoms with Crippen molar-refractivity contribution in [1.29, 1.82) is 0 Å². The minimum Gasteiger partial charge on any atom is -0.460 e. The molecule has 0 aromatic carbocycles. The lowest BCUT2D eigenvalue weighted by molar-refractivity contribution is 0.216. The predicted molar refractivity (Wildman–Crippen MR) is 97.2 cm³/mol. The Labute approximate surface area is 143 Å². The molecular formula is C19H28N4O. The summed E-state index contributed by atoms with van der Waals surface area (Å²) in [7, 11) is 0. The second-order valence-corrected chi connectivity index (χ2v) is 7.37. The number of nitrogens with two attached hydrogens (primary N) is 1. The van der Waals surface area contributed by atoms with Crippen LogP contribution < -0.4 is 10.6 Å². The number of piperazine rings is 1. The summed E-state index contributed by atoms with van der Waals surface area (Å²) < 4.78 is 5.64. The Balaban J connectivity index is 1.28. The van der Waals surface area contributed by atoms with Gasteiger partial charge < -0.3 is 15.1 Å². The average Bonchev–Trinajstić information content (AvgIpc) is 3.10. The molecular weight excluding hydrogens is 300 g/mol. The molecule has 0 amide bonds. The van der Waals surface area contributed by atoms with Crippen LogP contribution in [0.25, 0.3) is 11.0 Å². The van der Waals surface area contributed by atoms with Crippen LogP contribution in [0, 0.1) is 5.92 Å². The van der Waals surface area contributed by atoms with E-state index in [1.165, 1.54) is 38.6 Å². The van der Waals surface area contributed by atoms with Crippen LogP contribution in [0.3, 0.4) is 0 Å². The fraction of sp³-hybridized carbons (Fsp3) is 0.632. The third kappa shape index (κ3) is 3.42. The molecule has 0 unspecified atom stereocenters. The quantitative estimate of drug-likeness (QED) is 0.935. The van der Waals surface area contributed by atoms with Crippen LogP contribution in [0.5, 0.6) is 0 Å². The van der Waals surface area contributed by atoms with Crippen LogP contribution in [0.1, 0.15) is 32.1 Å². The summed E-state index contributed by atoms with van der Waals surface area (Å²) in [6.45, 7) is 5.52. The zero-order valence-corrected chi connectivity index (χ0v) is 14.4. The van der Waals surface area contributed by atoms with Gasteiger partial charge in [0, 0.05) is 43.8 Å². The summed E-state index contributed by atoms with van der Waals surface area (Å²) in [5, 5.41) is 1.14. The van der Waals surface area contributed by atoms with Gasteiger partial charge in [-0.2, -0.15) is 0 Å². The van der Waals surface area contributed by atoms with E-state index in [0.29, 0.717) is 6.04 Å². The molecule has 5 nitrogen and oxygen atoms in total.